The minimum Gasteiger partial charge on any atom is -0.459 e. The fourth-order valence-corrected chi connectivity index (χ4v) is 1.80. The number of carbonyl (C=O) groups excluding carboxylic acids is 4. The highest BCUT2D eigenvalue weighted by molar-refractivity contribution is 5.95. The minimum atomic E-state index is -0.779. The standard InChI is InChI=1S/C17H17N3O6/c21-14(9-19-17(24)13-7-4-8-25-13)18-10-16(23)26-11-15(22)20-12-5-2-1-3-6-12/h1-8H,9-11H2,(H,18,21)(H,19,24)(H,20,22). The van der Waals surface area contributed by atoms with Gasteiger partial charge in [-0.25, -0.2) is 0 Å². The van der Waals surface area contributed by atoms with Gasteiger partial charge >= 0.3 is 5.97 Å². The van der Waals surface area contributed by atoms with E-state index in [-0.39, 0.29) is 12.3 Å². The number of benzene rings is 1. The number of carbonyl (C=O) groups is 4. The quantitative estimate of drug-likeness (QED) is 0.582. The summed E-state index contributed by atoms with van der Waals surface area (Å²) in [6, 6.07) is 11.7. The Morgan fingerprint density at radius 2 is 1.65 bits per heavy atom. The van der Waals surface area contributed by atoms with Gasteiger partial charge in [0.05, 0.1) is 12.8 Å². The topological polar surface area (TPSA) is 127 Å². The molecule has 1 aromatic carbocycles. The first-order chi connectivity index (χ1) is 12.5. The van der Waals surface area contributed by atoms with E-state index in [0.717, 1.165) is 0 Å². The van der Waals surface area contributed by atoms with E-state index >= 15 is 0 Å². The normalized spacial score (nSPS) is 9.85. The van der Waals surface area contributed by atoms with Crippen LogP contribution in [0.15, 0.2) is 53.1 Å². The molecule has 26 heavy (non-hydrogen) atoms. The van der Waals surface area contributed by atoms with E-state index < -0.39 is 36.8 Å². The van der Waals surface area contributed by atoms with Crippen LogP contribution in [0.3, 0.4) is 0 Å². The van der Waals surface area contributed by atoms with Gasteiger partial charge in [0, 0.05) is 5.69 Å². The zero-order valence-corrected chi connectivity index (χ0v) is 13.7. The molecule has 0 radical (unpaired) electrons. The van der Waals surface area contributed by atoms with E-state index in [1.54, 1.807) is 36.4 Å². The molecule has 1 aromatic heterocycles. The molecule has 2 rings (SSSR count). The van der Waals surface area contributed by atoms with Crippen molar-refractivity contribution in [3.05, 3.63) is 54.5 Å². The highest BCUT2D eigenvalue weighted by atomic mass is 16.5. The highest BCUT2D eigenvalue weighted by Gasteiger charge is 2.12. The average molecular weight is 359 g/mol. The molecule has 3 N–H and O–H groups in total. The first-order valence-electron chi connectivity index (χ1n) is 7.63. The van der Waals surface area contributed by atoms with Crippen LogP contribution in [0, 0.1) is 0 Å². The number of ether oxygens (including phenoxy) is 1. The second kappa shape index (κ2) is 9.62. The molecule has 0 bridgehead atoms. The van der Waals surface area contributed by atoms with Crippen LogP contribution in [0.1, 0.15) is 10.6 Å². The summed E-state index contributed by atoms with van der Waals surface area (Å²) in [5.41, 5.74) is 0.578. The largest absolute Gasteiger partial charge is 0.459 e. The van der Waals surface area contributed by atoms with Crippen molar-refractivity contribution in [1.82, 2.24) is 10.6 Å². The van der Waals surface area contributed by atoms with Crippen LogP contribution in [-0.4, -0.2) is 43.4 Å². The molecule has 9 nitrogen and oxygen atoms in total. The molecular formula is C17H17N3O6. The molecule has 0 fully saturated rings. The van der Waals surface area contributed by atoms with Crippen LogP contribution in [0.25, 0.3) is 0 Å². The molecule has 136 valence electrons. The molecule has 0 aliphatic carbocycles. The predicted molar refractivity (Wildman–Crippen MR) is 90.1 cm³/mol. The van der Waals surface area contributed by atoms with Crippen molar-refractivity contribution in [2.75, 3.05) is 25.0 Å². The summed E-state index contributed by atoms with van der Waals surface area (Å²) in [5, 5.41) is 7.14. The zero-order valence-electron chi connectivity index (χ0n) is 13.7. The van der Waals surface area contributed by atoms with Crippen LogP contribution in [0.5, 0.6) is 0 Å². The van der Waals surface area contributed by atoms with E-state index in [1.165, 1.54) is 12.3 Å². The molecule has 0 saturated carbocycles. The highest BCUT2D eigenvalue weighted by Crippen LogP contribution is 2.04. The van der Waals surface area contributed by atoms with E-state index in [0.29, 0.717) is 5.69 Å². The summed E-state index contributed by atoms with van der Waals surface area (Å²) in [6.07, 6.45) is 1.33. The lowest BCUT2D eigenvalue weighted by molar-refractivity contribution is -0.147. The first kappa shape index (κ1) is 18.7. The molecular weight excluding hydrogens is 342 g/mol. The molecule has 1 heterocycles. The van der Waals surface area contributed by atoms with Gasteiger partial charge in [0.15, 0.2) is 12.4 Å². The van der Waals surface area contributed by atoms with Gasteiger partial charge in [-0.1, -0.05) is 18.2 Å². The number of anilines is 1. The maximum Gasteiger partial charge on any atom is 0.325 e. The van der Waals surface area contributed by atoms with Crippen molar-refractivity contribution in [2.24, 2.45) is 0 Å². The third-order valence-corrected chi connectivity index (χ3v) is 3.01. The second-order valence-corrected chi connectivity index (χ2v) is 5.01. The van der Waals surface area contributed by atoms with Crippen molar-refractivity contribution in [3.8, 4) is 0 Å². The number of hydrogen-bond acceptors (Lipinski definition) is 6. The lowest BCUT2D eigenvalue weighted by atomic mass is 10.3. The number of furan rings is 1. The molecule has 0 aliphatic heterocycles. The van der Waals surface area contributed by atoms with E-state index in [1.807, 2.05) is 0 Å². The third kappa shape index (κ3) is 6.48. The molecule has 3 amide bonds. The Balaban J connectivity index is 1.59. The summed E-state index contributed by atoms with van der Waals surface area (Å²) in [4.78, 5) is 46.2. The predicted octanol–water partition coefficient (Wildman–Crippen LogP) is 0.308. The average Bonchev–Trinajstić information content (AvgIpc) is 3.18. The van der Waals surface area contributed by atoms with Gasteiger partial charge in [-0.2, -0.15) is 0 Å². The number of amides is 3. The SMILES string of the molecule is O=C(CNC(=O)c1ccco1)NCC(=O)OCC(=O)Nc1ccccc1. The molecule has 9 heteroatoms. The van der Waals surface area contributed by atoms with Crippen LogP contribution in [0.4, 0.5) is 5.69 Å². The maximum atomic E-state index is 11.6. The number of para-hydroxylation sites is 1. The lowest BCUT2D eigenvalue weighted by Crippen LogP contribution is -2.39. The van der Waals surface area contributed by atoms with Crippen LogP contribution >= 0.6 is 0 Å². The molecule has 2 aromatic rings. The van der Waals surface area contributed by atoms with Gasteiger partial charge in [-0.15, -0.1) is 0 Å². The minimum absolute atomic E-state index is 0.0710. The third-order valence-electron chi connectivity index (χ3n) is 3.01. The summed E-state index contributed by atoms with van der Waals surface area (Å²) in [5.74, 6) is -2.34. The maximum absolute atomic E-state index is 11.6. The van der Waals surface area contributed by atoms with Gasteiger partial charge in [0.25, 0.3) is 11.8 Å². The van der Waals surface area contributed by atoms with Crippen molar-refractivity contribution >= 4 is 29.4 Å². The lowest BCUT2D eigenvalue weighted by Gasteiger charge is -2.08. The van der Waals surface area contributed by atoms with E-state index in [2.05, 4.69) is 16.0 Å². The smallest absolute Gasteiger partial charge is 0.325 e. The molecule has 0 unspecified atom stereocenters. The Labute approximate surface area is 148 Å². The molecule has 0 atom stereocenters. The molecule has 0 saturated heterocycles. The van der Waals surface area contributed by atoms with Crippen LogP contribution < -0.4 is 16.0 Å². The second-order valence-electron chi connectivity index (χ2n) is 5.01. The summed E-state index contributed by atoms with van der Waals surface area (Å²) < 4.78 is 9.61. The summed E-state index contributed by atoms with van der Waals surface area (Å²) in [7, 11) is 0. The fraction of sp³-hybridized carbons (Fsp3) is 0.176. The Morgan fingerprint density at radius 1 is 0.885 bits per heavy atom. The van der Waals surface area contributed by atoms with Gasteiger partial charge < -0.3 is 25.1 Å². The summed E-state index contributed by atoms with van der Waals surface area (Å²) >= 11 is 0. The van der Waals surface area contributed by atoms with Crippen molar-refractivity contribution in [3.63, 3.8) is 0 Å². The van der Waals surface area contributed by atoms with Gasteiger partial charge in [-0.05, 0) is 24.3 Å². The molecule has 0 spiro atoms. The molecule has 0 aliphatic rings. The van der Waals surface area contributed by atoms with Crippen LogP contribution in [-0.2, 0) is 19.1 Å². The zero-order chi connectivity index (χ0) is 18.8. The Kier molecular flexibility index (Phi) is 6.93. The van der Waals surface area contributed by atoms with E-state index in [4.69, 9.17) is 9.15 Å². The fourth-order valence-electron chi connectivity index (χ4n) is 1.80. The van der Waals surface area contributed by atoms with Crippen molar-refractivity contribution in [1.29, 1.82) is 0 Å². The Morgan fingerprint density at radius 3 is 2.35 bits per heavy atom. The summed E-state index contributed by atoms with van der Waals surface area (Å²) in [6.45, 7) is -1.23. The number of hydrogen-bond donors (Lipinski definition) is 3. The van der Waals surface area contributed by atoms with Gasteiger partial charge in [0.2, 0.25) is 5.91 Å². The van der Waals surface area contributed by atoms with Gasteiger partial charge in [0.1, 0.15) is 6.54 Å². The number of nitrogens with one attached hydrogen (secondary N) is 3. The van der Waals surface area contributed by atoms with Crippen molar-refractivity contribution < 1.29 is 28.3 Å². The van der Waals surface area contributed by atoms with E-state index in [9.17, 15) is 19.2 Å². The van der Waals surface area contributed by atoms with Crippen molar-refractivity contribution in [2.45, 2.75) is 0 Å². The monoisotopic (exact) mass is 359 g/mol. The van der Waals surface area contributed by atoms with Gasteiger partial charge in [-0.3, -0.25) is 19.2 Å². The first-order valence-corrected chi connectivity index (χ1v) is 7.63. The van der Waals surface area contributed by atoms with Crippen LogP contribution in [0.2, 0.25) is 0 Å². The number of rotatable bonds is 8. The Hall–Kier alpha value is -3.62. The Bertz CT molecular complexity index is 758. The number of esters is 1.